The number of nitrogens with zero attached hydrogens (tertiary/aromatic N) is 1. The molecule has 0 aliphatic carbocycles. The Morgan fingerprint density at radius 1 is 1.00 bits per heavy atom. The Hall–Kier alpha value is -2.49. The number of hydrogen-bond acceptors (Lipinski definition) is 2. The smallest absolute Gasteiger partial charge is 0.319 e. The van der Waals surface area contributed by atoms with Crippen molar-refractivity contribution in [2.75, 3.05) is 29.9 Å². The molecule has 24 heavy (non-hydrogen) atoms. The molecule has 0 heterocycles. The standard InChI is InChI=1S/C20H27N3O/c1-5-23(19-8-6-7-15(2)14-19)10-9-21-20(24)22-18-12-16(3)11-17(4)13-18/h6-8,11-14H,5,9-10H2,1-4H3,(H2,21,22,24). The van der Waals surface area contributed by atoms with Crippen LogP contribution >= 0.6 is 0 Å². The predicted octanol–water partition coefficient (Wildman–Crippen LogP) is 4.26. The first-order chi connectivity index (χ1) is 11.5. The lowest BCUT2D eigenvalue weighted by Crippen LogP contribution is -2.37. The van der Waals surface area contributed by atoms with Gasteiger partial charge in [-0.15, -0.1) is 0 Å². The monoisotopic (exact) mass is 325 g/mol. The molecule has 0 aromatic heterocycles. The third-order valence-corrected chi connectivity index (χ3v) is 3.90. The first-order valence-corrected chi connectivity index (χ1v) is 8.42. The van der Waals surface area contributed by atoms with Gasteiger partial charge in [0.2, 0.25) is 0 Å². The van der Waals surface area contributed by atoms with Crippen LogP contribution in [0.2, 0.25) is 0 Å². The highest BCUT2D eigenvalue weighted by molar-refractivity contribution is 5.89. The van der Waals surface area contributed by atoms with Crippen molar-refractivity contribution in [1.29, 1.82) is 0 Å². The molecule has 0 bridgehead atoms. The Bertz CT molecular complexity index is 677. The fourth-order valence-electron chi connectivity index (χ4n) is 2.82. The van der Waals surface area contributed by atoms with Gasteiger partial charge >= 0.3 is 6.03 Å². The van der Waals surface area contributed by atoms with Gasteiger partial charge in [0.25, 0.3) is 0 Å². The summed E-state index contributed by atoms with van der Waals surface area (Å²) in [5, 5.41) is 5.82. The van der Waals surface area contributed by atoms with Gasteiger partial charge in [0, 0.05) is 31.0 Å². The fraction of sp³-hybridized carbons (Fsp3) is 0.350. The average Bonchev–Trinajstić information content (AvgIpc) is 2.50. The highest BCUT2D eigenvalue weighted by Crippen LogP contribution is 2.15. The molecule has 2 N–H and O–H groups in total. The first kappa shape index (κ1) is 17.9. The lowest BCUT2D eigenvalue weighted by Gasteiger charge is -2.23. The molecule has 2 amide bonds. The number of rotatable bonds is 6. The van der Waals surface area contributed by atoms with Crippen LogP contribution in [-0.2, 0) is 0 Å². The van der Waals surface area contributed by atoms with E-state index in [1.54, 1.807) is 0 Å². The van der Waals surface area contributed by atoms with Crippen molar-refractivity contribution in [3.63, 3.8) is 0 Å². The maximum absolute atomic E-state index is 12.1. The number of carbonyl (C=O) groups is 1. The Kier molecular flexibility index (Phi) is 6.24. The Labute approximate surface area is 144 Å². The van der Waals surface area contributed by atoms with Crippen LogP contribution in [0, 0.1) is 20.8 Å². The zero-order chi connectivity index (χ0) is 17.5. The quantitative estimate of drug-likeness (QED) is 0.833. The lowest BCUT2D eigenvalue weighted by atomic mass is 10.1. The van der Waals surface area contributed by atoms with Crippen molar-refractivity contribution in [3.05, 3.63) is 59.2 Å². The van der Waals surface area contributed by atoms with Gasteiger partial charge in [-0.1, -0.05) is 18.2 Å². The summed E-state index contributed by atoms with van der Waals surface area (Å²) in [5.41, 5.74) is 5.54. The van der Waals surface area contributed by atoms with Crippen molar-refractivity contribution < 1.29 is 4.79 Å². The van der Waals surface area contributed by atoms with E-state index in [0.717, 1.165) is 29.9 Å². The molecular formula is C20H27N3O. The second-order valence-electron chi connectivity index (χ2n) is 6.18. The highest BCUT2D eigenvalue weighted by atomic mass is 16.2. The number of anilines is 2. The molecule has 0 aliphatic rings. The summed E-state index contributed by atoms with van der Waals surface area (Å²) < 4.78 is 0. The largest absolute Gasteiger partial charge is 0.370 e. The maximum Gasteiger partial charge on any atom is 0.319 e. The predicted molar refractivity (Wildman–Crippen MR) is 102 cm³/mol. The molecular weight excluding hydrogens is 298 g/mol. The van der Waals surface area contributed by atoms with Crippen molar-refractivity contribution in [2.45, 2.75) is 27.7 Å². The van der Waals surface area contributed by atoms with Gasteiger partial charge in [-0.25, -0.2) is 4.79 Å². The van der Waals surface area contributed by atoms with E-state index in [1.165, 1.54) is 11.3 Å². The molecule has 0 unspecified atom stereocenters. The summed E-state index contributed by atoms with van der Waals surface area (Å²) in [7, 11) is 0. The van der Waals surface area contributed by atoms with Crippen LogP contribution in [0.4, 0.5) is 16.2 Å². The van der Waals surface area contributed by atoms with Crippen molar-refractivity contribution >= 4 is 17.4 Å². The molecule has 4 heteroatoms. The molecule has 2 rings (SSSR count). The minimum atomic E-state index is -0.166. The summed E-state index contributed by atoms with van der Waals surface area (Å²) in [4.78, 5) is 14.3. The number of carbonyl (C=O) groups excluding carboxylic acids is 1. The highest BCUT2D eigenvalue weighted by Gasteiger charge is 2.06. The van der Waals surface area contributed by atoms with Crippen LogP contribution in [0.25, 0.3) is 0 Å². The van der Waals surface area contributed by atoms with Gasteiger partial charge in [0.05, 0.1) is 0 Å². The van der Waals surface area contributed by atoms with Crippen LogP contribution in [0.15, 0.2) is 42.5 Å². The molecule has 0 saturated carbocycles. The molecule has 0 atom stereocenters. The van der Waals surface area contributed by atoms with Crippen LogP contribution in [0.1, 0.15) is 23.6 Å². The number of nitrogens with one attached hydrogen (secondary N) is 2. The van der Waals surface area contributed by atoms with E-state index >= 15 is 0 Å². The lowest BCUT2D eigenvalue weighted by molar-refractivity contribution is 0.252. The first-order valence-electron chi connectivity index (χ1n) is 8.42. The third kappa shape index (κ3) is 5.30. The van der Waals surface area contributed by atoms with Crippen LogP contribution in [0.3, 0.4) is 0 Å². The van der Waals surface area contributed by atoms with Gasteiger partial charge < -0.3 is 15.5 Å². The molecule has 0 radical (unpaired) electrons. The average molecular weight is 325 g/mol. The summed E-state index contributed by atoms with van der Waals surface area (Å²) in [6.45, 7) is 10.5. The number of urea groups is 1. The van der Waals surface area contributed by atoms with Gasteiger partial charge in [0.15, 0.2) is 0 Å². The normalized spacial score (nSPS) is 10.3. The Morgan fingerprint density at radius 3 is 2.33 bits per heavy atom. The number of likely N-dealkylation sites (N-methyl/N-ethyl adjacent to an activating group) is 1. The van der Waals surface area contributed by atoms with Gasteiger partial charge in [-0.3, -0.25) is 0 Å². The van der Waals surface area contributed by atoms with E-state index in [4.69, 9.17) is 0 Å². The molecule has 2 aromatic carbocycles. The summed E-state index contributed by atoms with van der Waals surface area (Å²) >= 11 is 0. The zero-order valence-electron chi connectivity index (χ0n) is 15.0. The SMILES string of the molecule is CCN(CCNC(=O)Nc1cc(C)cc(C)c1)c1cccc(C)c1. The van der Waals surface area contributed by atoms with E-state index in [-0.39, 0.29) is 6.03 Å². The van der Waals surface area contributed by atoms with Gasteiger partial charge in [-0.05, 0) is 68.7 Å². The van der Waals surface area contributed by atoms with Crippen LogP contribution in [0.5, 0.6) is 0 Å². The Balaban J connectivity index is 1.85. The van der Waals surface area contributed by atoms with E-state index in [1.807, 2.05) is 26.0 Å². The Morgan fingerprint density at radius 2 is 1.71 bits per heavy atom. The number of aryl methyl sites for hydroxylation is 3. The van der Waals surface area contributed by atoms with Gasteiger partial charge in [-0.2, -0.15) is 0 Å². The molecule has 4 nitrogen and oxygen atoms in total. The number of amides is 2. The summed E-state index contributed by atoms with van der Waals surface area (Å²) in [6.07, 6.45) is 0. The minimum Gasteiger partial charge on any atom is -0.370 e. The minimum absolute atomic E-state index is 0.166. The molecule has 0 fully saturated rings. The molecule has 128 valence electrons. The molecule has 0 aliphatic heterocycles. The maximum atomic E-state index is 12.1. The van der Waals surface area contributed by atoms with Crippen LogP contribution in [-0.4, -0.2) is 25.7 Å². The second-order valence-corrected chi connectivity index (χ2v) is 6.18. The van der Waals surface area contributed by atoms with E-state index < -0.39 is 0 Å². The van der Waals surface area contributed by atoms with Gasteiger partial charge in [0.1, 0.15) is 0 Å². The third-order valence-electron chi connectivity index (χ3n) is 3.90. The number of benzene rings is 2. The fourth-order valence-corrected chi connectivity index (χ4v) is 2.82. The molecule has 0 spiro atoms. The van der Waals surface area contributed by atoms with Crippen LogP contribution < -0.4 is 15.5 Å². The molecule has 0 saturated heterocycles. The van der Waals surface area contributed by atoms with Crippen molar-refractivity contribution in [3.8, 4) is 0 Å². The summed E-state index contributed by atoms with van der Waals surface area (Å²) in [5.74, 6) is 0. The topological polar surface area (TPSA) is 44.4 Å². The van der Waals surface area contributed by atoms with Crippen molar-refractivity contribution in [1.82, 2.24) is 5.32 Å². The summed E-state index contributed by atoms with van der Waals surface area (Å²) in [6, 6.07) is 14.3. The second kappa shape index (κ2) is 8.39. The van der Waals surface area contributed by atoms with E-state index in [2.05, 4.69) is 59.7 Å². The number of hydrogen-bond donors (Lipinski definition) is 2. The zero-order valence-corrected chi connectivity index (χ0v) is 15.0. The van der Waals surface area contributed by atoms with E-state index in [9.17, 15) is 4.79 Å². The van der Waals surface area contributed by atoms with E-state index in [0.29, 0.717) is 6.54 Å². The van der Waals surface area contributed by atoms with Crippen molar-refractivity contribution in [2.24, 2.45) is 0 Å². The molecule has 2 aromatic rings.